The van der Waals surface area contributed by atoms with Crippen molar-refractivity contribution in [2.45, 2.75) is 38.8 Å². The molecule has 104 valence electrons. The maximum atomic E-state index is 9.72. The molecule has 0 saturated carbocycles. The van der Waals surface area contributed by atoms with Crippen LogP contribution in [0.3, 0.4) is 0 Å². The Morgan fingerprint density at radius 3 is 2.61 bits per heavy atom. The number of aromatic nitrogens is 1. The van der Waals surface area contributed by atoms with Crippen LogP contribution in [0.4, 0.5) is 0 Å². The van der Waals surface area contributed by atoms with Crippen LogP contribution >= 0.6 is 11.3 Å². The first-order chi connectivity index (χ1) is 8.29. The summed E-state index contributed by atoms with van der Waals surface area (Å²) >= 11 is 1.74. The Labute approximate surface area is 114 Å². The standard InChI is InChI=1S/C13H25N3OS/c1-13(2,3)12-15-8-11(18-12)7-14-6-10(17)9-16(4)5/h8,10,14,17H,6-7,9H2,1-5H3. The normalized spacial score (nSPS) is 14.2. The first kappa shape index (κ1) is 15.6. The molecule has 0 fully saturated rings. The van der Waals surface area contributed by atoms with Crippen LogP contribution in [0.25, 0.3) is 0 Å². The molecule has 0 radical (unpaired) electrons. The van der Waals surface area contributed by atoms with Crippen molar-refractivity contribution in [2.24, 2.45) is 0 Å². The second-order valence-corrected chi connectivity index (χ2v) is 7.04. The number of hydrogen-bond donors (Lipinski definition) is 2. The van der Waals surface area contributed by atoms with E-state index in [-0.39, 0.29) is 11.5 Å². The van der Waals surface area contributed by atoms with Crippen LogP contribution in [0.2, 0.25) is 0 Å². The molecule has 0 saturated heterocycles. The number of rotatable bonds is 6. The van der Waals surface area contributed by atoms with Crippen molar-refractivity contribution in [3.63, 3.8) is 0 Å². The average Bonchev–Trinajstić information content (AvgIpc) is 2.64. The molecular formula is C13H25N3OS. The number of likely N-dealkylation sites (N-methyl/N-ethyl adjacent to an activating group) is 1. The van der Waals surface area contributed by atoms with E-state index in [9.17, 15) is 5.11 Å². The minimum atomic E-state index is -0.324. The van der Waals surface area contributed by atoms with E-state index in [2.05, 4.69) is 31.1 Å². The monoisotopic (exact) mass is 271 g/mol. The molecule has 1 unspecified atom stereocenters. The molecule has 0 aliphatic heterocycles. The number of aliphatic hydroxyl groups excluding tert-OH is 1. The van der Waals surface area contributed by atoms with Gasteiger partial charge in [-0.3, -0.25) is 0 Å². The van der Waals surface area contributed by atoms with E-state index < -0.39 is 0 Å². The Balaban J connectivity index is 2.34. The lowest BCUT2D eigenvalue weighted by Crippen LogP contribution is -2.34. The van der Waals surface area contributed by atoms with Crippen molar-refractivity contribution in [1.29, 1.82) is 0 Å². The first-order valence-corrected chi connectivity index (χ1v) is 7.09. The zero-order valence-corrected chi connectivity index (χ0v) is 12.8. The SMILES string of the molecule is CN(C)CC(O)CNCc1cnc(C(C)(C)C)s1. The van der Waals surface area contributed by atoms with Crippen molar-refractivity contribution in [3.05, 3.63) is 16.1 Å². The average molecular weight is 271 g/mol. The summed E-state index contributed by atoms with van der Waals surface area (Å²) in [5.41, 5.74) is 0.118. The van der Waals surface area contributed by atoms with Crippen LogP contribution in [0.15, 0.2) is 6.20 Å². The highest BCUT2D eigenvalue weighted by atomic mass is 32.1. The van der Waals surface area contributed by atoms with Crippen molar-refractivity contribution in [1.82, 2.24) is 15.2 Å². The van der Waals surface area contributed by atoms with Gasteiger partial charge < -0.3 is 15.3 Å². The summed E-state index contributed by atoms with van der Waals surface area (Å²) in [5.74, 6) is 0. The van der Waals surface area contributed by atoms with Gasteiger partial charge in [-0.05, 0) is 14.1 Å². The third-order valence-corrected chi connectivity index (χ3v) is 3.87. The van der Waals surface area contributed by atoms with Crippen LogP contribution in [-0.2, 0) is 12.0 Å². The molecule has 0 aromatic carbocycles. The lowest BCUT2D eigenvalue weighted by atomic mass is 9.98. The third-order valence-electron chi connectivity index (χ3n) is 2.45. The largest absolute Gasteiger partial charge is 0.390 e. The fourth-order valence-corrected chi connectivity index (χ4v) is 2.52. The van der Waals surface area contributed by atoms with E-state index in [0.717, 1.165) is 11.6 Å². The van der Waals surface area contributed by atoms with Crippen LogP contribution in [-0.4, -0.2) is 48.3 Å². The predicted molar refractivity (Wildman–Crippen MR) is 77.1 cm³/mol. The van der Waals surface area contributed by atoms with Gasteiger partial charge in [0.2, 0.25) is 0 Å². The Morgan fingerprint density at radius 2 is 2.11 bits per heavy atom. The molecule has 18 heavy (non-hydrogen) atoms. The topological polar surface area (TPSA) is 48.4 Å². The second kappa shape index (κ2) is 6.61. The molecule has 1 rings (SSSR count). The molecule has 4 nitrogen and oxygen atoms in total. The number of hydrogen-bond acceptors (Lipinski definition) is 5. The van der Waals surface area contributed by atoms with Gasteiger partial charge in [-0.2, -0.15) is 0 Å². The predicted octanol–water partition coefficient (Wildman–Crippen LogP) is 1.45. The van der Waals surface area contributed by atoms with Crippen molar-refractivity contribution in [2.75, 3.05) is 27.2 Å². The Hall–Kier alpha value is -0.490. The van der Waals surface area contributed by atoms with Crippen molar-refractivity contribution < 1.29 is 5.11 Å². The number of thiazole rings is 1. The summed E-state index contributed by atoms with van der Waals surface area (Å²) in [6.45, 7) is 8.58. The summed E-state index contributed by atoms with van der Waals surface area (Å²) in [5, 5.41) is 14.1. The fraction of sp³-hybridized carbons (Fsp3) is 0.769. The molecule has 1 atom stereocenters. The van der Waals surface area contributed by atoms with Gasteiger partial charge in [0, 0.05) is 36.1 Å². The third kappa shape index (κ3) is 5.44. The molecule has 0 bridgehead atoms. The molecule has 0 aliphatic rings. The Kier molecular flexibility index (Phi) is 5.72. The van der Waals surface area contributed by atoms with E-state index in [1.54, 1.807) is 11.3 Å². The maximum Gasteiger partial charge on any atom is 0.0981 e. The quantitative estimate of drug-likeness (QED) is 0.822. The molecule has 5 heteroatoms. The van der Waals surface area contributed by atoms with E-state index in [1.807, 2.05) is 25.2 Å². The second-order valence-electron chi connectivity index (χ2n) is 5.93. The summed E-state index contributed by atoms with van der Waals surface area (Å²) in [4.78, 5) is 7.64. The molecule has 1 aromatic rings. The molecule has 1 heterocycles. The van der Waals surface area contributed by atoms with Crippen LogP contribution in [0.5, 0.6) is 0 Å². The highest BCUT2D eigenvalue weighted by molar-refractivity contribution is 7.11. The van der Waals surface area contributed by atoms with Gasteiger partial charge >= 0.3 is 0 Å². The molecule has 1 aromatic heterocycles. The number of aliphatic hydroxyl groups is 1. The van der Waals surface area contributed by atoms with E-state index in [0.29, 0.717) is 13.1 Å². The van der Waals surface area contributed by atoms with E-state index in [1.165, 1.54) is 4.88 Å². The van der Waals surface area contributed by atoms with Gasteiger partial charge in [0.15, 0.2) is 0 Å². The van der Waals surface area contributed by atoms with Crippen molar-refractivity contribution >= 4 is 11.3 Å². The molecule has 0 aliphatic carbocycles. The van der Waals surface area contributed by atoms with Gasteiger partial charge in [0.1, 0.15) is 0 Å². The summed E-state index contributed by atoms with van der Waals surface area (Å²) < 4.78 is 0. The Bertz CT molecular complexity index is 357. The van der Waals surface area contributed by atoms with E-state index >= 15 is 0 Å². The summed E-state index contributed by atoms with van der Waals surface area (Å²) in [7, 11) is 3.92. The maximum absolute atomic E-state index is 9.72. The lowest BCUT2D eigenvalue weighted by Gasteiger charge is -2.16. The minimum Gasteiger partial charge on any atom is -0.390 e. The minimum absolute atomic E-state index is 0.118. The van der Waals surface area contributed by atoms with Crippen LogP contribution in [0.1, 0.15) is 30.7 Å². The number of nitrogens with zero attached hydrogens (tertiary/aromatic N) is 2. The van der Waals surface area contributed by atoms with Gasteiger partial charge in [0.05, 0.1) is 11.1 Å². The molecule has 0 amide bonds. The molecule has 2 N–H and O–H groups in total. The van der Waals surface area contributed by atoms with Crippen LogP contribution in [0, 0.1) is 0 Å². The van der Waals surface area contributed by atoms with Crippen LogP contribution < -0.4 is 5.32 Å². The molecular weight excluding hydrogens is 246 g/mol. The smallest absolute Gasteiger partial charge is 0.0981 e. The number of nitrogens with one attached hydrogen (secondary N) is 1. The van der Waals surface area contributed by atoms with Gasteiger partial charge in [0.25, 0.3) is 0 Å². The lowest BCUT2D eigenvalue weighted by molar-refractivity contribution is 0.134. The van der Waals surface area contributed by atoms with Gasteiger partial charge in [-0.1, -0.05) is 20.8 Å². The van der Waals surface area contributed by atoms with Gasteiger partial charge in [-0.15, -0.1) is 11.3 Å². The van der Waals surface area contributed by atoms with Gasteiger partial charge in [-0.25, -0.2) is 4.98 Å². The first-order valence-electron chi connectivity index (χ1n) is 6.27. The molecule has 0 spiro atoms. The highest BCUT2D eigenvalue weighted by Gasteiger charge is 2.17. The Morgan fingerprint density at radius 1 is 1.44 bits per heavy atom. The zero-order valence-electron chi connectivity index (χ0n) is 12.0. The zero-order chi connectivity index (χ0) is 13.8. The summed E-state index contributed by atoms with van der Waals surface area (Å²) in [6.07, 6.45) is 1.60. The summed E-state index contributed by atoms with van der Waals surface area (Å²) in [6, 6.07) is 0. The van der Waals surface area contributed by atoms with Crippen molar-refractivity contribution in [3.8, 4) is 0 Å². The highest BCUT2D eigenvalue weighted by Crippen LogP contribution is 2.26. The van der Waals surface area contributed by atoms with E-state index in [4.69, 9.17) is 0 Å². The fourth-order valence-electron chi connectivity index (χ4n) is 1.58.